The second-order valence-electron chi connectivity index (χ2n) is 6.79. The van der Waals surface area contributed by atoms with E-state index < -0.39 is 0 Å². The minimum Gasteiger partial charge on any atom is -0.341 e. The van der Waals surface area contributed by atoms with Crippen molar-refractivity contribution in [3.05, 3.63) is 33.8 Å². The molecule has 0 radical (unpaired) electrons. The number of nitrogens with zero attached hydrogens (tertiary/aromatic N) is 2. The van der Waals surface area contributed by atoms with Gasteiger partial charge in [0.2, 0.25) is 5.91 Å². The maximum absolute atomic E-state index is 12.9. The molecule has 0 saturated carbocycles. The van der Waals surface area contributed by atoms with Gasteiger partial charge in [-0.3, -0.25) is 9.59 Å². The van der Waals surface area contributed by atoms with Crippen molar-refractivity contribution in [3.63, 3.8) is 0 Å². The van der Waals surface area contributed by atoms with E-state index in [9.17, 15) is 9.59 Å². The fraction of sp³-hybridized carbons (Fsp3) is 0.556. The molecule has 1 atom stereocenters. The summed E-state index contributed by atoms with van der Waals surface area (Å²) in [6.45, 7) is 4.42. The molecular weight excluding hydrogens is 347 g/mol. The first kappa shape index (κ1) is 17.6. The summed E-state index contributed by atoms with van der Waals surface area (Å²) in [7, 11) is 0. The van der Waals surface area contributed by atoms with Crippen molar-refractivity contribution < 1.29 is 9.59 Å². The van der Waals surface area contributed by atoms with E-state index in [1.807, 2.05) is 4.90 Å². The molecule has 1 unspecified atom stereocenters. The lowest BCUT2D eigenvalue weighted by atomic mass is 9.98. The Labute approximate surface area is 152 Å². The van der Waals surface area contributed by atoms with Crippen molar-refractivity contribution in [2.75, 3.05) is 19.6 Å². The first-order chi connectivity index (χ1) is 11.5. The molecule has 2 amide bonds. The molecule has 2 heterocycles. The lowest BCUT2D eigenvalue weighted by molar-refractivity contribution is -0.136. The van der Waals surface area contributed by atoms with Crippen LogP contribution in [0.1, 0.15) is 43.0 Å². The van der Waals surface area contributed by atoms with E-state index in [0.717, 1.165) is 38.8 Å². The van der Waals surface area contributed by atoms with Crippen molar-refractivity contribution in [2.24, 2.45) is 5.92 Å². The highest BCUT2D eigenvalue weighted by atomic mass is 35.5. The van der Waals surface area contributed by atoms with Crippen LogP contribution in [0.3, 0.4) is 0 Å². The summed E-state index contributed by atoms with van der Waals surface area (Å²) in [6, 6.07) is 4.52. The van der Waals surface area contributed by atoms with Crippen molar-refractivity contribution in [3.8, 4) is 0 Å². The standard InChI is InChI=1S/C18H22Cl2N2O2/c1-12-6-9-21(10-7-12)18(24)16-3-2-8-22(16)17(23)13-4-5-14(19)15(20)11-13/h4-5,11-12,16H,2-3,6-10H2,1H3. The molecule has 2 aliphatic heterocycles. The number of hydrogen-bond acceptors (Lipinski definition) is 2. The van der Waals surface area contributed by atoms with Gasteiger partial charge < -0.3 is 9.80 Å². The normalized spacial score (nSPS) is 22.0. The molecule has 2 saturated heterocycles. The average Bonchev–Trinajstić information content (AvgIpc) is 3.06. The van der Waals surface area contributed by atoms with E-state index in [4.69, 9.17) is 23.2 Å². The molecule has 1 aromatic carbocycles. The third kappa shape index (κ3) is 3.55. The molecule has 0 aromatic heterocycles. The minimum atomic E-state index is -0.347. The summed E-state index contributed by atoms with van der Waals surface area (Å²) in [5.74, 6) is 0.620. The van der Waals surface area contributed by atoms with Gasteiger partial charge in [0.1, 0.15) is 6.04 Å². The van der Waals surface area contributed by atoms with Crippen molar-refractivity contribution in [1.29, 1.82) is 0 Å². The maximum Gasteiger partial charge on any atom is 0.254 e. The monoisotopic (exact) mass is 368 g/mol. The van der Waals surface area contributed by atoms with Crippen LogP contribution in [0.2, 0.25) is 10.0 Å². The molecule has 0 N–H and O–H groups in total. The number of carbonyl (C=O) groups excluding carboxylic acids is 2. The molecule has 2 aliphatic rings. The van der Waals surface area contributed by atoms with Crippen LogP contribution in [-0.4, -0.2) is 47.3 Å². The third-order valence-electron chi connectivity index (χ3n) is 5.06. The number of likely N-dealkylation sites (tertiary alicyclic amines) is 2. The molecule has 130 valence electrons. The zero-order chi connectivity index (χ0) is 17.3. The predicted molar refractivity (Wildman–Crippen MR) is 95.5 cm³/mol. The first-order valence-electron chi connectivity index (χ1n) is 8.52. The van der Waals surface area contributed by atoms with Crippen LogP contribution in [0.25, 0.3) is 0 Å². The number of amides is 2. The van der Waals surface area contributed by atoms with E-state index in [-0.39, 0.29) is 17.9 Å². The van der Waals surface area contributed by atoms with Crippen LogP contribution in [0.5, 0.6) is 0 Å². The largest absolute Gasteiger partial charge is 0.341 e. The van der Waals surface area contributed by atoms with Gasteiger partial charge >= 0.3 is 0 Å². The molecule has 0 aliphatic carbocycles. The number of hydrogen-bond donors (Lipinski definition) is 0. The molecular formula is C18H22Cl2N2O2. The third-order valence-corrected chi connectivity index (χ3v) is 5.80. The van der Waals surface area contributed by atoms with Crippen LogP contribution in [-0.2, 0) is 4.79 Å². The van der Waals surface area contributed by atoms with Crippen molar-refractivity contribution >= 4 is 35.0 Å². The zero-order valence-electron chi connectivity index (χ0n) is 13.8. The minimum absolute atomic E-state index is 0.0906. The summed E-state index contributed by atoms with van der Waals surface area (Å²) in [5, 5.41) is 0.777. The molecule has 2 fully saturated rings. The van der Waals surface area contributed by atoms with Crippen LogP contribution in [0, 0.1) is 5.92 Å². The molecule has 1 aromatic rings. The van der Waals surface area contributed by atoms with Crippen LogP contribution < -0.4 is 0 Å². The molecule has 24 heavy (non-hydrogen) atoms. The van der Waals surface area contributed by atoms with Gasteiger partial charge in [0.15, 0.2) is 0 Å². The molecule has 3 rings (SSSR count). The van der Waals surface area contributed by atoms with Crippen molar-refractivity contribution in [2.45, 2.75) is 38.6 Å². The Balaban J connectivity index is 1.73. The topological polar surface area (TPSA) is 40.6 Å². The van der Waals surface area contributed by atoms with Gasteiger partial charge in [-0.05, 0) is 49.8 Å². The van der Waals surface area contributed by atoms with Gasteiger partial charge in [0.05, 0.1) is 10.0 Å². The average molecular weight is 369 g/mol. The Kier molecular flexibility index (Phi) is 5.36. The zero-order valence-corrected chi connectivity index (χ0v) is 15.3. The number of benzene rings is 1. The van der Waals surface area contributed by atoms with E-state index in [1.165, 1.54) is 0 Å². The smallest absolute Gasteiger partial charge is 0.254 e. The summed E-state index contributed by atoms with van der Waals surface area (Å²) < 4.78 is 0. The first-order valence-corrected chi connectivity index (χ1v) is 9.28. The quantitative estimate of drug-likeness (QED) is 0.794. The lowest BCUT2D eigenvalue weighted by Gasteiger charge is -2.34. The van der Waals surface area contributed by atoms with Crippen molar-refractivity contribution in [1.82, 2.24) is 9.80 Å². The fourth-order valence-corrected chi connectivity index (χ4v) is 3.80. The van der Waals surface area contributed by atoms with E-state index in [2.05, 4.69) is 6.92 Å². The molecule has 4 nitrogen and oxygen atoms in total. The highest BCUT2D eigenvalue weighted by Gasteiger charge is 2.37. The number of carbonyl (C=O) groups is 2. The molecule has 6 heteroatoms. The predicted octanol–water partition coefficient (Wildman–Crippen LogP) is 3.86. The molecule has 0 bridgehead atoms. The highest BCUT2D eigenvalue weighted by molar-refractivity contribution is 6.42. The summed E-state index contributed by atoms with van der Waals surface area (Å²) in [4.78, 5) is 29.3. The second kappa shape index (κ2) is 7.32. The van der Waals surface area contributed by atoms with Gasteiger partial charge in [-0.2, -0.15) is 0 Å². The van der Waals surface area contributed by atoms with E-state index in [1.54, 1.807) is 23.1 Å². The molecule has 0 spiro atoms. The van der Waals surface area contributed by atoms with Gasteiger partial charge in [0.25, 0.3) is 5.91 Å². The Morgan fingerprint density at radius 2 is 1.75 bits per heavy atom. The number of piperidine rings is 1. The van der Waals surface area contributed by atoms with Gasteiger partial charge in [-0.15, -0.1) is 0 Å². The highest BCUT2D eigenvalue weighted by Crippen LogP contribution is 2.27. The lowest BCUT2D eigenvalue weighted by Crippen LogP contribution is -2.49. The van der Waals surface area contributed by atoms with Gasteiger partial charge in [-0.25, -0.2) is 0 Å². The maximum atomic E-state index is 12.9. The van der Waals surface area contributed by atoms with Gasteiger partial charge in [-0.1, -0.05) is 30.1 Å². The summed E-state index contributed by atoms with van der Waals surface area (Å²) >= 11 is 11.9. The Morgan fingerprint density at radius 3 is 2.42 bits per heavy atom. The summed E-state index contributed by atoms with van der Waals surface area (Å²) in [6.07, 6.45) is 3.67. The Hall–Kier alpha value is -1.26. The van der Waals surface area contributed by atoms with E-state index in [0.29, 0.717) is 28.1 Å². The second-order valence-corrected chi connectivity index (χ2v) is 7.61. The fourth-order valence-electron chi connectivity index (χ4n) is 3.50. The van der Waals surface area contributed by atoms with Crippen LogP contribution in [0.4, 0.5) is 0 Å². The van der Waals surface area contributed by atoms with Gasteiger partial charge in [0, 0.05) is 25.2 Å². The Bertz CT molecular complexity index is 642. The van der Waals surface area contributed by atoms with Crippen LogP contribution >= 0.6 is 23.2 Å². The van der Waals surface area contributed by atoms with E-state index >= 15 is 0 Å². The summed E-state index contributed by atoms with van der Waals surface area (Å²) in [5.41, 5.74) is 0.483. The Morgan fingerprint density at radius 1 is 1.04 bits per heavy atom. The SMILES string of the molecule is CC1CCN(C(=O)C2CCCN2C(=O)c2ccc(Cl)c(Cl)c2)CC1. The number of halogens is 2. The van der Waals surface area contributed by atoms with Crippen LogP contribution in [0.15, 0.2) is 18.2 Å². The number of rotatable bonds is 2.